The van der Waals surface area contributed by atoms with Gasteiger partial charge in [-0.05, 0) is 48.5 Å². The van der Waals surface area contributed by atoms with Crippen LogP contribution in [0.15, 0.2) is 54.2 Å². The number of aromatic nitrogens is 1. The van der Waals surface area contributed by atoms with Gasteiger partial charge in [0, 0.05) is 35.2 Å². The molecule has 0 aliphatic carbocycles. The van der Waals surface area contributed by atoms with E-state index in [9.17, 15) is 14.4 Å². The minimum absolute atomic E-state index is 0.0151. The zero-order valence-electron chi connectivity index (χ0n) is 15.9. The van der Waals surface area contributed by atoms with Gasteiger partial charge < -0.3 is 14.5 Å². The van der Waals surface area contributed by atoms with Crippen molar-refractivity contribution in [1.29, 1.82) is 0 Å². The molecule has 1 fully saturated rings. The molecule has 7 heteroatoms. The van der Waals surface area contributed by atoms with Crippen LogP contribution in [0.4, 0.5) is 5.69 Å². The number of nitrogens with zero attached hydrogens (tertiary/aromatic N) is 1. The minimum atomic E-state index is -0.438. The van der Waals surface area contributed by atoms with Gasteiger partial charge in [0.25, 0.3) is 5.91 Å². The van der Waals surface area contributed by atoms with Crippen LogP contribution in [-0.2, 0) is 14.4 Å². The van der Waals surface area contributed by atoms with Gasteiger partial charge in [-0.1, -0.05) is 0 Å². The summed E-state index contributed by atoms with van der Waals surface area (Å²) in [6.07, 6.45) is 3.54. The molecule has 0 unspecified atom stereocenters. The van der Waals surface area contributed by atoms with E-state index in [-0.39, 0.29) is 18.2 Å². The molecule has 0 atom stereocenters. The van der Waals surface area contributed by atoms with Crippen LogP contribution in [0, 0.1) is 0 Å². The van der Waals surface area contributed by atoms with Gasteiger partial charge in [-0.2, -0.15) is 0 Å². The van der Waals surface area contributed by atoms with Crippen molar-refractivity contribution in [2.75, 3.05) is 12.0 Å². The summed E-state index contributed by atoms with van der Waals surface area (Å²) in [5, 5.41) is 0.904. The summed E-state index contributed by atoms with van der Waals surface area (Å²) in [5.74, 6) is -0.0537. The number of carbonyl (C=O) groups excluding carboxylic acids is 3. The predicted molar refractivity (Wildman–Crippen MR) is 108 cm³/mol. The number of H-pyrrole nitrogens is 1. The number of methoxy groups -OCH3 is 1. The van der Waals surface area contributed by atoms with Gasteiger partial charge in [-0.25, -0.2) is 4.90 Å². The fourth-order valence-electron chi connectivity index (χ4n) is 3.33. The summed E-state index contributed by atoms with van der Waals surface area (Å²) in [4.78, 5) is 40.7. The van der Waals surface area contributed by atoms with E-state index in [1.807, 2.05) is 18.2 Å². The number of amides is 2. The number of fused-ring (bicyclic) bond motifs is 1. The Morgan fingerprint density at radius 3 is 2.52 bits per heavy atom. The first-order valence-electron chi connectivity index (χ1n) is 8.98. The molecule has 2 amide bonds. The molecule has 1 aliphatic heterocycles. The second kappa shape index (κ2) is 7.27. The Labute approximate surface area is 166 Å². The molecule has 1 N–H and O–H groups in total. The van der Waals surface area contributed by atoms with Crippen molar-refractivity contribution in [3.63, 3.8) is 0 Å². The third-order valence-electron chi connectivity index (χ3n) is 4.68. The van der Waals surface area contributed by atoms with E-state index in [4.69, 9.17) is 9.47 Å². The number of hydrogen-bond donors (Lipinski definition) is 1. The van der Waals surface area contributed by atoms with Gasteiger partial charge in [0.15, 0.2) is 0 Å². The molecular formula is C22H18N2O5. The molecule has 0 spiro atoms. The van der Waals surface area contributed by atoms with Crippen LogP contribution in [0.1, 0.15) is 18.9 Å². The molecular weight excluding hydrogens is 372 g/mol. The van der Waals surface area contributed by atoms with Crippen LogP contribution >= 0.6 is 0 Å². The Hall–Kier alpha value is -3.87. The number of esters is 1. The van der Waals surface area contributed by atoms with E-state index in [1.165, 1.54) is 6.92 Å². The zero-order chi connectivity index (χ0) is 20.5. The highest BCUT2D eigenvalue weighted by molar-refractivity contribution is 6.29. The van der Waals surface area contributed by atoms with Crippen molar-refractivity contribution in [3.8, 4) is 11.5 Å². The molecule has 7 nitrogen and oxygen atoms in total. The smallest absolute Gasteiger partial charge is 0.308 e. The second-order valence-electron chi connectivity index (χ2n) is 6.62. The Morgan fingerprint density at radius 1 is 1.10 bits per heavy atom. The zero-order valence-corrected chi connectivity index (χ0v) is 15.9. The van der Waals surface area contributed by atoms with Gasteiger partial charge in [-0.3, -0.25) is 14.4 Å². The topological polar surface area (TPSA) is 88.7 Å². The number of rotatable bonds is 4. The summed E-state index contributed by atoms with van der Waals surface area (Å²) in [5.41, 5.74) is 2.55. The molecule has 0 bridgehead atoms. The van der Waals surface area contributed by atoms with Crippen molar-refractivity contribution in [2.45, 2.75) is 13.3 Å². The van der Waals surface area contributed by atoms with Crippen molar-refractivity contribution in [3.05, 3.63) is 59.8 Å². The molecule has 2 heterocycles. The maximum Gasteiger partial charge on any atom is 0.308 e. The molecule has 1 saturated heterocycles. The molecule has 3 aromatic rings. The lowest BCUT2D eigenvalue weighted by atomic mass is 10.1. The van der Waals surface area contributed by atoms with E-state index in [0.717, 1.165) is 21.4 Å². The maximum atomic E-state index is 12.9. The van der Waals surface area contributed by atoms with Crippen LogP contribution in [0.3, 0.4) is 0 Å². The molecule has 4 rings (SSSR count). The molecule has 0 radical (unpaired) electrons. The van der Waals surface area contributed by atoms with Gasteiger partial charge in [0.2, 0.25) is 5.91 Å². The normalized spacial score (nSPS) is 15.4. The van der Waals surface area contributed by atoms with Crippen LogP contribution < -0.4 is 14.4 Å². The SMILES string of the molecule is COc1ccc2[nH]cc(/C=C3/CC(=O)N(c4ccc(OC(C)=O)cc4)C3=O)c2c1. The molecule has 0 saturated carbocycles. The highest BCUT2D eigenvalue weighted by Crippen LogP contribution is 2.31. The number of ether oxygens (including phenoxy) is 2. The van der Waals surface area contributed by atoms with Gasteiger partial charge in [-0.15, -0.1) is 0 Å². The monoisotopic (exact) mass is 390 g/mol. The molecule has 1 aromatic heterocycles. The Kier molecular flexibility index (Phi) is 4.64. The average molecular weight is 390 g/mol. The molecule has 146 valence electrons. The van der Waals surface area contributed by atoms with Crippen LogP contribution in [0.2, 0.25) is 0 Å². The van der Waals surface area contributed by atoms with E-state index in [1.54, 1.807) is 43.6 Å². The molecule has 1 aliphatic rings. The Balaban J connectivity index is 1.64. The fourth-order valence-corrected chi connectivity index (χ4v) is 3.33. The van der Waals surface area contributed by atoms with Gasteiger partial charge >= 0.3 is 5.97 Å². The van der Waals surface area contributed by atoms with Crippen LogP contribution in [0.5, 0.6) is 11.5 Å². The van der Waals surface area contributed by atoms with E-state index >= 15 is 0 Å². The van der Waals surface area contributed by atoms with Crippen molar-refractivity contribution in [1.82, 2.24) is 4.98 Å². The number of carbonyl (C=O) groups is 3. The van der Waals surface area contributed by atoms with E-state index < -0.39 is 5.97 Å². The maximum absolute atomic E-state index is 12.9. The Morgan fingerprint density at radius 2 is 1.83 bits per heavy atom. The fraction of sp³-hybridized carbons (Fsp3) is 0.136. The lowest BCUT2D eigenvalue weighted by Gasteiger charge is -2.13. The Bertz CT molecular complexity index is 1160. The predicted octanol–water partition coefficient (Wildman–Crippen LogP) is 3.45. The van der Waals surface area contributed by atoms with Gasteiger partial charge in [0.1, 0.15) is 11.5 Å². The second-order valence-corrected chi connectivity index (χ2v) is 6.62. The highest BCUT2D eigenvalue weighted by Gasteiger charge is 2.35. The van der Waals surface area contributed by atoms with Crippen LogP contribution in [0.25, 0.3) is 17.0 Å². The highest BCUT2D eigenvalue weighted by atomic mass is 16.5. The molecule has 2 aromatic carbocycles. The van der Waals surface area contributed by atoms with Crippen molar-refractivity contribution >= 4 is 40.4 Å². The quantitative estimate of drug-likeness (QED) is 0.319. The van der Waals surface area contributed by atoms with Gasteiger partial charge in [0.05, 0.1) is 19.2 Å². The summed E-state index contributed by atoms with van der Waals surface area (Å²) in [7, 11) is 1.59. The standard InChI is InChI=1S/C22H18N2O5/c1-13(25)29-17-5-3-16(4-6-17)24-21(26)10-14(22(24)27)9-15-12-23-20-8-7-18(28-2)11-19(15)20/h3-9,11-12,23H,10H2,1-2H3/b14-9-. The van der Waals surface area contributed by atoms with Crippen LogP contribution in [-0.4, -0.2) is 29.9 Å². The van der Waals surface area contributed by atoms with E-state index in [2.05, 4.69) is 4.98 Å². The summed E-state index contributed by atoms with van der Waals surface area (Å²) in [6, 6.07) is 11.9. The first kappa shape index (κ1) is 18.5. The number of imide groups is 1. The largest absolute Gasteiger partial charge is 0.497 e. The number of hydrogen-bond acceptors (Lipinski definition) is 5. The van der Waals surface area contributed by atoms with E-state index in [0.29, 0.717) is 22.8 Å². The van der Waals surface area contributed by atoms with Crippen molar-refractivity contribution in [2.24, 2.45) is 0 Å². The lowest BCUT2D eigenvalue weighted by molar-refractivity contribution is -0.132. The summed E-state index contributed by atoms with van der Waals surface area (Å²) < 4.78 is 10.3. The minimum Gasteiger partial charge on any atom is -0.497 e. The number of benzene rings is 2. The lowest BCUT2D eigenvalue weighted by Crippen LogP contribution is -2.28. The third-order valence-corrected chi connectivity index (χ3v) is 4.68. The third kappa shape index (κ3) is 3.50. The van der Waals surface area contributed by atoms with Crippen molar-refractivity contribution < 1.29 is 23.9 Å². The average Bonchev–Trinajstić information content (AvgIpc) is 3.22. The number of nitrogens with one attached hydrogen (secondary N) is 1. The molecule has 29 heavy (non-hydrogen) atoms. The first-order chi connectivity index (χ1) is 14.0. The first-order valence-corrected chi connectivity index (χ1v) is 8.98. The summed E-state index contributed by atoms with van der Waals surface area (Å²) >= 11 is 0. The number of aromatic amines is 1. The summed E-state index contributed by atoms with van der Waals surface area (Å²) in [6.45, 7) is 1.30. The number of anilines is 1.